The molecule has 0 radical (unpaired) electrons. The summed E-state index contributed by atoms with van der Waals surface area (Å²) < 4.78 is 8.58. The monoisotopic (exact) mass is 626 g/mol. The average molecular weight is 627 g/mol. The van der Waals surface area contributed by atoms with E-state index in [0.717, 1.165) is 55.8 Å². The molecule has 0 fully saturated rings. The predicted molar refractivity (Wildman–Crippen MR) is 206 cm³/mol. The lowest BCUT2D eigenvalue weighted by Crippen LogP contribution is -2.11. The third-order valence-electron chi connectivity index (χ3n) is 9.77. The fourth-order valence-electron chi connectivity index (χ4n) is 7.57. The molecular formula is C46H30N2O. The number of hydrogen-bond acceptors (Lipinski definition) is 2. The van der Waals surface area contributed by atoms with Crippen molar-refractivity contribution in [2.45, 2.75) is 0 Å². The molecule has 0 saturated carbocycles. The van der Waals surface area contributed by atoms with Gasteiger partial charge >= 0.3 is 0 Å². The molecule has 0 aliphatic carbocycles. The van der Waals surface area contributed by atoms with E-state index in [9.17, 15) is 0 Å². The second-order valence-corrected chi connectivity index (χ2v) is 12.5. The second kappa shape index (κ2) is 11.0. The summed E-state index contributed by atoms with van der Waals surface area (Å²) in [6, 6.07) is 65.1. The van der Waals surface area contributed by atoms with Gasteiger partial charge in [-0.3, -0.25) is 0 Å². The highest BCUT2D eigenvalue weighted by Crippen LogP contribution is 2.46. The number of para-hydroxylation sites is 4. The molecule has 10 aromatic rings. The number of nitrogens with zero attached hydrogens (tertiary/aromatic N) is 2. The molecule has 8 aromatic carbocycles. The van der Waals surface area contributed by atoms with E-state index in [1.807, 2.05) is 12.1 Å². The molecule has 0 bridgehead atoms. The van der Waals surface area contributed by atoms with Crippen molar-refractivity contribution in [3.05, 3.63) is 182 Å². The highest BCUT2D eigenvalue weighted by atomic mass is 16.3. The Morgan fingerprint density at radius 1 is 0.408 bits per heavy atom. The number of benzene rings is 8. The van der Waals surface area contributed by atoms with E-state index in [0.29, 0.717) is 0 Å². The first kappa shape index (κ1) is 27.5. The largest absolute Gasteiger partial charge is 0.456 e. The summed E-state index contributed by atoms with van der Waals surface area (Å²) in [5.41, 5.74) is 11.0. The Labute approximate surface area is 283 Å². The topological polar surface area (TPSA) is 21.3 Å². The summed E-state index contributed by atoms with van der Waals surface area (Å²) >= 11 is 0. The van der Waals surface area contributed by atoms with Crippen molar-refractivity contribution >= 4 is 71.6 Å². The zero-order chi connectivity index (χ0) is 32.3. The van der Waals surface area contributed by atoms with Crippen LogP contribution in [0.4, 0.5) is 17.1 Å². The molecule has 0 aliphatic rings. The lowest BCUT2D eigenvalue weighted by molar-refractivity contribution is 0.669. The normalized spacial score (nSPS) is 11.7. The van der Waals surface area contributed by atoms with Crippen molar-refractivity contribution < 1.29 is 4.42 Å². The van der Waals surface area contributed by atoms with Gasteiger partial charge in [0, 0.05) is 43.9 Å². The van der Waals surface area contributed by atoms with Crippen LogP contribution in [0.15, 0.2) is 186 Å². The van der Waals surface area contributed by atoms with Crippen molar-refractivity contribution in [2.75, 3.05) is 4.90 Å². The summed E-state index contributed by atoms with van der Waals surface area (Å²) in [4.78, 5) is 2.43. The van der Waals surface area contributed by atoms with E-state index in [-0.39, 0.29) is 0 Å². The second-order valence-electron chi connectivity index (χ2n) is 12.5. The van der Waals surface area contributed by atoms with Gasteiger partial charge in [0.15, 0.2) is 0 Å². The van der Waals surface area contributed by atoms with E-state index in [4.69, 9.17) is 4.42 Å². The van der Waals surface area contributed by atoms with Gasteiger partial charge in [-0.25, -0.2) is 0 Å². The minimum absolute atomic E-state index is 0.897. The summed E-state index contributed by atoms with van der Waals surface area (Å²) in [5, 5.41) is 7.09. The van der Waals surface area contributed by atoms with Gasteiger partial charge in [-0.05, 0) is 77.7 Å². The van der Waals surface area contributed by atoms with Gasteiger partial charge in [0.05, 0.1) is 22.4 Å². The van der Waals surface area contributed by atoms with Crippen LogP contribution in [0.25, 0.3) is 71.3 Å². The molecular weight excluding hydrogens is 597 g/mol. The van der Waals surface area contributed by atoms with Crippen LogP contribution in [0, 0.1) is 0 Å². The van der Waals surface area contributed by atoms with Crippen LogP contribution < -0.4 is 4.90 Å². The SMILES string of the molecule is c1ccc(-n2c3ccccc3c3cc(N(c4ccccc4-c4ccc5oc6ccccc6c5c4)c4cccc5ccccc45)ccc32)cc1. The summed E-state index contributed by atoms with van der Waals surface area (Å²) in [7, 11) is 0. The summed E-state index contributed by atoms with van der Waals surface area (Å²) in [6.45, 7) is 0. The summed E-state index contributed by atoms with van der Waals surface area (Å²) in [6.07, 6.45) is 0. The molecule has 2 aromatic heterocycles. The van der Waals surface area contributed by atoms with Crippen LogP contribution in [0.3, 0.4) is 0 Å². The number of anilines is 3. The molecule has 0 atom stereocenters. The standard InChI is InChI=1S/C46H30N2O/c1-2-15-33(16-3-1)47-43-22-10-7-19-37(43)39-30-34(26-27-44(39)47)48(42-23-12-14-31-13-4-5-17-35(31)42)41-21-9-6-18-36(41)32-25-28-46-40(29-32)38-20-8-11-24-45(38)49-46/h1-30H. The molecule has 10 rings (SSSR count). The van der Waals surface area contributed by atoms with Crippen molar-refractivity contribution in [3.8, 4) is 16.8 Å². The van der Waals surface area contributed by atoms with Crippen molar-refractivity contribution in [2.24, 2.45) is 0 Å². The van der Waals surface area contributed by atoms with Gasteiger partial charge in [0.2, 0.25) is 0 Å². The Morgan fingerprint density at radius 2 is 1.08 bits per heavy atom. The highest BCUT2D eigenvalue weighted by molar-refractivity contribution is 6.12. The number of aromatic nitrogens is 1. The van der Waals surface area contributed by atoms with Crippen LogP contribution in [0.2, 0.25) is 0 Å². The molecule has 0 unspecified atom stereocenters. The first-order valence-corrected chi connectivity index (χ1v) is 16.7. The third kappa shape index (κ3) is 4.37. The van der Waals surface area contributed by atoms with Crippen molar-refractivity contribution in [3.63, 3.8) is 0 Å². The van der Waals surface area contributed by atoms with Crippen LogP contribution in [-0.2, 0) is 0 Å². The van der Waals surface area contributed by atoms with Crippen LogP contribution in [-0.4, -0.2) is 4.57 Å². The molecule has 0 amide bonds. The first-order valence-electron chi connectivity index (χ1n) is 16.7. The highest BCUT2D eigenvalue weighted by Gasteiger charge is 2.21. The maximum atomic E-state index is 6.21. The van der Waals surface area contributed by atoms with Crippen LogP contribution in [0.1, 0.15) is 0 Å². The van der Waals surface area contributed by atoms with Crippen molar-refractivity contribution in [1.82, 2.24) is 4.57 Å². The molecule has 3 heteroatoms. The van der Waals surface area contributed by atoms with Crippen LogP contribution in [0.5, 0.6) is 0 Å². The Kier molecular flexibility index (Phi) is 6.18. The van der Waals surface area contributed by atoms with E-state index in [1.54, 1.807) is 0 Å². The molecule has 3 nitrogen and oxygen atoms in total. The van der Waals surface area contributed by atoms with Crippen LogP contribution >= 0.6 is 0 Å². The fourth-order valence-corrected chi connectivity index (χ4v) is 7.57. The third-order valence-corrected chi connectivity index (χ3v) is 9.77. The number of furan rings is 1. The summed E-state index contributed by atoms with van der Waals surface area (Å²) in [5.74, 6) is 0. The zero-order valence-electron chi connectivity index (χ0n) is 26.6. The minimum atomic E-state index is 0.897. The van der Waals surface area contributed by atoms with Crippen molar-refractivity contribution in [1.29, 1.82) is 0 Å². The van der Waals surface area contributed by atoms with Gasteiger partial charge in [0.1, 0.15) is 11.2 Å². The molecule has 230 valence electrons. The molecule has 2 heterocycles. The number of hydrogen-bond donors (Lipinski definition) is 0. The van der Waals surface area contributed by atoms with Gasteiger partial charge in [0.25, 0.3) is 0 Å². The number of fused-ring (bicyclic) bond motifs is 7. The number of rotatable bonds is 5. The first-order chi connectivity index (χ1) is 24.3. The quantitative estimate of drug-likeness (QED) is 0.190. The Balaban J connectivity index is 1.24. The minimum Gasteiger partial charge on any atom is -0.456 e. The van der Waals surface area contributed by atoms with E-state index < -0.39 is 0 Å². The van der Waals surface area contributed by atoms with E-state index >= 15 is 0 Å². The Bertz CT molecular complexity index is 2840. The molecule has 0 saturated heterocycles. The average Bonchev–Trinajstić information content (AvgIpc) is 3.71. The Morgan fingerprint density at radius 3 is 2.00 bits per heavy atom. The van der Waals surface area contributed by atoms with E-state index in [1.165, 1.54) is 32.6 Å². The van der Waals surface area contributed by atoms with Gasteiger partial charge in [-0.2, -0.15) is 0 Å². The zero-order valence-corrected chi connectivity index (χ0v) is 26.6. The maximum absolute atomic E-state index is 6.21. The fraction of sp³-hybridized carbons (Fsp3) is 0. The molecule has 0 aliphatic heterocycles. The van der Waals surface area contributed by atoms with Gasteiger partial charge < -0.3 is 13.9 Å². The smallest absolute Gasteiger partial charge is 0.135 e. The van der Waals surface area contributed by atoms with Gasteiger partial charge in [-0.15, -0.1) is 0 Å². The maximum Gasteiger partial charge on any atom is 0.135 e. The molecule has 49 heavy (non-hydrogen) atoms. The lowest BCUT2D eigenvalue weighted by atomic mass is 9.98. The molecule has 0 N–H and O–H groups in total. The lowest BCUT2D eigenvalue weighted by Gasteiger charge is -2.29. The predicted octanol–water partition coefficient (Wildman–Crippen LogP) is 13.0. The Hall–Kier alpha value is -6.58. The molecule has 0 spiro atoms. The van der Waals surface area contributed by atoms with Gasteiger partial charge in [-0.1, -0.05) is 115 Å². The van der Waals surface area contributed by atoms with E-state index in [2.05, 4.69) is 179 Å².